The van der Waals surface area contributed by atoms with Crippen LogP contribution >= 0.6 is 11.6 Å². The number of para-hydroxylation sites is 2. The van der Waals surface area contributed by atoms with Gasteiger partial charge in [-0.05, 0) is 24.3 Å². The van der Waals surface area contributed by atoms with Gasteiger partial charge in [0, 0.05) is 6.42 Å². The molecule has 9 nitrogen and oxygen atoms in total. The normalized spacial score (nSPS) is 9.93. The number of hydrogen-bond acceptors (Lipinski definition) is 6. The Morgan fingerprint density at radius 3 is 2.33 bits per heavy atom. The number of carbonyl (C=O) groups excluding carboxylic acids is 4. The van der Waals surface area contributed by atoms with Crippen molar-refractivity contribution in [1.82, 2.24) is 10.9 Å². The van der Waals surface area contributed by atoms with E-state index in [1.807, 2.05) is 0 Å². The second kappa shape index (κ2) is 11.4. The number of esters is 1. The number of anilines is 1. The fraction of sp³-hybridized carbons (Fsp3) is 0.200. The molecule has 2 aromatic carbocycles. The zero-order chi connectivity index (χ0) is 21.9. The summed E-state index contributed by atoms with van der Waals surface area (Å²) < 4.78 is 9.94. The maximum absolute atomic E-state index is 11.9. The molecular formula is C20H20ClN3O6. The highest BCUT2D eigenvalue weighted by Crippen LogP contribution is 2.22. The Hall–Kier alpha value is -3.59. The molecule has 0 atom stereocenters. The summed E-state index contributed by atoms with van der Waals surface area (Å²) in [5.41, 5.74) is 5.01. The number of hydrogen-bond donors (Lipinski definition) is 3. The fourth-order valence-electron chi connectivity index (χ4n) is 2.27. The lowest BCUT2D eigenvalue weighted by atomic mass is 10.2. The smallest absolute Gasteiger partial charge is 0.306 e. The van der Waals surface area contributed by atoms with Crippen LogP contribution < -0.4 is 20.9 Å². The molecule has 0 aliphatic rings. The summed E-state index contributed by atoms with van der Waals surface area (Å²) in [6.07, 6.45) is -0.508. The summed E-state index contributed by atoms with van der Waals surface area (Å²) in [5.74, 6) is -2.02. The predicted molar refractivity (Wildman–Crippen MR) is 109 cm³/mol. The first kappa shape index (κ1) is 22.7. The molecule has 0 bridgehead atoms. The molecule has 0 saturated heterocycles. The van der Waals surface area contributed by atoms with E-state index in [1.165, 1.54) is 13.2 Å². The number of ether oxygens (including phenoxy) is 2. The van der Waals surface area contributed by atoms with Gasteiger partial charge in [0.05, 0.1) is 29.8 Å². The van der Waals surface area contributed by atoms with E-state index in [0.717, 1.165) is 0 Å². The Labute approximate surface area is 177 Å². The zero-order valence-corrected chi connectivity index (χ0v) is 16.8. The lowest BCUT2D eigenvalue weighted by Crippen LogP contribution is -2.41. The lowest BCUT2D eigenvalue weighted by molar-refractivity contribution is -0.148. The quantitative estimate of drug-likeness (QED) is 0.432. The van der Waals surface area contributed by atoms with E-state index >= 15 is 0 Å². The van der Waals surface area contributed by atoms with Crippen LogP contribution in [0.3, 0.4) is 0 Å². The molecule has 0 aliphatic carbocycles. The molecule has 3 N–H and O–H groups in total. The fourth-order valence-corrected chi connectivity index (χ4v) is 2.49. The van der Waals surface area contributed by atoms with Gasteiger partial charge in [-0.2, -0.15) is 0 Å². The van der Waals surface area contributed by atoms with Crippen molar-refractivity contribution in [2.24, 2.45) is 0 Å². The minimum absolute atomic E-state index is 0.194. The summed E-state index contributed by atoms with van der Waals surface area (Å²) in [5, 5.41) is 2.79. The van der Waals surface area contributed by atoms with Crippen molar-refractivity contribution in [1.29, 1.82) is 0 Å². The SMILES string of the molecule is COc1ccccc1NC(=O)COC(=O)CCC(=O)NNC(=O)c1ccccc1Cl. The van der Waals surface area contributed by atoms with Crippen LogP contribution in [0.5, 0.6) is 5.75 Å². The molecule has 30 heavy (non-hydrogen) atoms. The molecule has 3 amide bonds. The summed E-state index contributed by atoms with van der Waals surface area (Å²) in [4.78, 5) is 47.3. The van der Waals surface area contributed by atoms with Gasteiger partial charge in [0.1, 0.15) is 5.75 Å². The molecule has 10 heteroatoms. The number of hydrazine groups is 1. The van der Waals surface area contributed by atoms with E-state index in [4.69, 9.17) is 21.1 Å². The van der Waals surface area contributed by atoms with Crippen LogP contribution in [-0.2, 0) is 19.1 Å². The molecule has 0 spiro atoms. The predicted octanol–water partition coefficient (Wildman–Crippen LogP) is 2.07. The minimum atomic E-state index is -0.738. The van der Waals surface area contributed by atoms with Crippen molar-refractivity contribution in [3.8, 4) is 5.75 Å². The highest BCUT2D eigenvalue weighted by Gasteiger charge is 2.14. The summed E-state index contributed by atoms with van der Waals surface area (Å²) in [6.45, 7) is -0.512. The van der Waals surface area contributed by atoms with Gasteiger partial charge in [0.15, 0.2) is 6.61 Å². The summed E-state index contributed by atoms with van der Waals surface area (Å²) >= 11 is 5.89. The third kappa shape index (κ3) is 7.10. The third-order valence-corrected chi connectivity index (χ3v) is 4.07. The second-order valence-electron chi connectivity index (χ2n) is 5.89. The summed E-state index contributed by atoms with van der Waals surface area (Å²) in [6, 6.07) is 13.1. The van der Waals surface area contributed by atoms with E-state index in [1.54, 1.807) is 42.5 Å². The Kier molecular flexibility index (Phi) is 8.64. The summed E-state index contributed by atoms with van der Waals surface area (Å²) in [7, 11) is 1.47. The molecular weight excluding hydrogens is 414 g/mol. The first-order valence-corrected chi connectivity index (χ1v) is 9.20. The van der Waals surface area contributed by atoms with Gasteiger partial charge in [0.2, 0.25) is 5.91 Å². The van der Waals surface area contributed by atoms with Gasteiger partial charge < -0.3 is 14.8 Å². The van der Waals surface area contributed by atoms with Gasteiger partial charge in [0.25, 0.3) is 11.8 Å². The Morgan fingerprint density at radius 2 is 1.60 bits per heavy atom. The van der Waals surface area contributed by atoms with Crippen molar-refractivity contribution in [2.75, 3.05) is 19.0 Å². The van der Waals surface area contributed by atoms with Crippen LogP contribution in [0.15, 0.2) is 48.5 Å². The average Bonchev–Trinajstić information content (AvgIpc) is 2.75. The first-order valence-electron chi connectivity index (χ1n) is 8.83. The largest absolute Gasteiger partial charge is 0.495 e. The average molecular weight is 434 g/mol. The molecule has 0 saturated carbocycles. The Morgan fingerprint density at radius 1 is 0.900 bits per heavy atom. The van der Waals surface area contributed by atoms with E-state index in [0.29, 0.717) is 11.4 Å². The van der Waals surface area contributed by atoms with Crippen LogP contribution in [-0.4, -0.2) is 37.4 Å². The van der Waals surface area contributed by atoms with Crippen molar-refractivity contribution in [3.63, 3.8) is 0 Å². The topological polar surface area (TPSA) is 123 Å². The maximum atomic E-state index is 11.9. The molecule has 0 unspecified atom stereocenters. The monoisotopic (exact) mass is 433 g/mol. The van der Waals surface area contributed by atoms with Crippen molar-refractivity contribution >= 4 is 41.0 Å². The number of nitrogens with one attached hydrogen (secondary N) is 3. The second-order valence-corrected chi connectivity index (χ2v) is 6.30. The van der Waals surface area contributed by atoms with E-state index in [2.05, 4.69) is 16.2 Å². The van der Waals surface area contributed by atoms with Gasteiger partial charge in [-0.3, -0.25) is 30.0 Å². The Balaban J connectivity index is 1.67. The van der Waals surface area contributed by atoms with Crippen molar-refractivity contribution in [2.45, 2.75) is 12.8 Å². The molecule has 2 rings (SSSR count). The van der Waals surface area contributed by atoms with Crippen LogP contribution in [0.4, 0.5) is 5.69 Å². The molecule has 0 radical (unpaired) electrons. The molecule has 2 aromatic rings. The first-order chi connectivity index (χ1) is 14.4. The number of amides is 3. The number of halogens is 1. The van der Waals surface area contributed by atoms with Gasteiger partial charge >= 0.3 is 5.97 Å². The Bertz CT molecular complexity index is 934. The minimum Gasteiger partial charge on any atom is -0.495 e. The van der Waals surface area contributed by atoms with E-state index < -0.39 is 30.3 Å². The number of rotatable bonds is 8. The third-order valence-electron chi connectivity index (χ3n) is 3.74. The van der Waals surface area contributed by atoms with Crippen molar-refractivity contribution < 1.29 is 28.7 Å². The molecule has 0 aliphatic heterocycles. The molecule has 0 fully saturated rings. The van der Waals surface area contributed by atoms with Crippen LogP contribution in [0, 0.1) is 0 Å². The van der Waals surface area contributed by atoms with Crippen molar-refractivity contribution in [3.05, 3.63) is 59.1 Å². The lowest BCUT2D eigenvalue weighted by Gasteiger charge is -2.10. The maximum Gasteiger partial charge on any atom is 0.306 e. The number of carbonyl (C=O) groups is 4. The zero-order valence-electron chi connectivity index (χ0n) is 16.1. The number of benzene rings is 2. The van der Waals surface area contributed by atoms with Crippen LogP contribution in [0.2, 0.25) is 5.02 Å². The molecule has 0 aromatic heterocycles. The van der Waals surface area contributed by atoms with Crippen LogP contribution in [0.25, 0.3) is 0 Å². The van der Waals surface area contributed by atoms with Gasteiger partial charge in [-0.15, -0.1) is 0 Å². The van der Waals surface area contributed by atoms with Gasteiger partial charge in [-0.1, -0.05) is 35.9 Å². The van der Waals surface area contributed by atoms with E-state index in [-0.39, 0.29) is 23.4 Å². The van der Waals surface area contributed by atoms with Crippen LogP contribution in [0.1, 0.15) is 23.2 Å². The highest BCUT2D eigenvalue weighted by atomic mass is 35.5. The molecule has 158 valence electrons. The standard InChI is InChI=1S/C20H20ClN3O6/c1-29-16-9-5-4-8-15(16)22-18(26)12-30-19(27)11-10-17(25)23-24-20(28)13-6-2-3-7-14(13)21/h2-9H,10-12H2,1H3,(H,22,26)(H,23,25)(H,24,28). The highest BCUT2D eigenvalue weighted by molar-refractivity contribution is 6.33. The van der Waals surface area contributed by atoms with E-state index in [9.17, 15) is 19.2 Å². The van der Waals surface area contributed by atoms with Gasteiger partial charge in [-0.25, -0.2) is 0 Å². The molecule has 0 heterocycles. The number of methoxy groups -OCH3 is 1.